The predicted molar refractivity (Wildman–Crippen MR) is 66.1 cm³/mol. The quantitative estimate of drug-likeness (QED) is 0.755. The van der Waals surface area contributed by atoms with Gasteiger partial charge in [-0.05, 0) is 50.5 Å². The summed E-state index contributed by atoms with van der Waals surface area (Å²) in [5, 5.41) is 0. The van der Waals surface area contributed by atoms with Crippen LogP contribution in [0.1, 0.15) is 23.6 Å². The highest BCUT2D eigenvalue weighted by molar-refractivity contribution is 5.62. The number of benzene rings is 1. The third-order valence-corrected chi connectivity index (χ3v) is 3.09. The van der Waals surface area contributed by atoms with Crippen molar-refractivity contribution in [2.24, 2.45) is 0 Å². The van der Waals surface area contributed by atoms with E-state index in [1.165, 1.54) is 22.4 Å². The van der Waals surface area contributed by atoms with Gasteiger partial charge >= 0.3 is 0 Å². The van der Waals surface area contributed by atoms with Crippen molar-refractivity contribution in [3.05, 3.63) is 22.8 Å². The van der Waals surface area contributed by atoms with Crippen LogP contribution in [0.4, 0.5) is 5.69 Å². The number of rotatable bonds is 3. The first kappa shape index (κ1) is 11.9. The lowest BCUT2D eigenvalue weighted by Gasteiger charge is -2.23. The number of ether oxygens (including phenoxy) is 1. The molecule has 2 nitrogen and oxygen atoms in total. The van der Waals surface area contributed by atoms with E-state index >= 15 is 0 Å². The average molecular weight is 207 g/mol. The summed E-state index contributed by atoms with van der Waals surface area (Å²) in [5.41, 5.74) is 5.05. The number of anilines is 1. The molecule has 0 atom stereocenters. The van der Waals surface area contributed by atoms with Gasteiger partial charge in [-0.1, -0.05) is 0 Å². The van der Waals surface area contributed by atoms with E-state index in [4.69, 9.17) is 4.74 Å². The van der Waals surface area contributed by atoms with E-state index in [9.17, 15) is 0 Å². The van der Waals surface area contributed by atoms with Gasteiger partial charge in [0.25, 0.3) is 0 Å². The van der Waals surface area contributed by atoms with Gasteiger partial charge in [-0.25, -0.2) is 0 Å². The van der Waals surface area contributed by atoms with Crippen LogP contribution >= 0.6 is 0 Å². The molecule has 0 aliphatic carbocycles. The largest absolute Gasteiger partial charge is 0.496 e. The fourth-order valence-corrected chi connectivity index (χ4v) is 1.92. The van der Waals surface area contributed by atoms with E-state index < -0.39 is 0 Å². The van der Waals surface area contributed by atoms with Gasteiger partial charge in [0.1, 0.15) is 5.75 Å². The van der Waals surface area contributed by atoms with Crippen molar-refractivity contribution in [3.8, 4) is 5.75 Å². The Morgan fingerprint density at radius 1 is 1.20 bits per heavy atom. The second-order valence-corrected chi connectivity index (χ2v) is 4.01. The SMILES string of the molecule is CCN(C)c1cc(C)c(OC)c(C)c1C. The van der Waals surface area contributed by atoms with Gasteiger partial charge in [0.05, 0.1) is 7.11 Å². The molecule has 0 saturated heterocycles. The van der Waals surface area contributed by atoms with Crippen LogP contribution < -0.4 is 9.64 Å². The molecule has 1 aromatic carbocycles. The minimum absolute atomic E-state index is 1.01. The second-order valence-electron chi connectivity index (χ2n) is 4.01. The van der Waals surface area contributed by atoms with Crippen LogP contribution in [-0.4, -0.2) is 20.7 Å². The van der Waals surface area contributed by atoms with Crippen molar-refractivity contribution in [1.29, 1.82) is 0 Å². The maximum atomic E-state index is 5.41. The van der Waals surface area contributed by atoms with E-state index in [-0.39, 0.29) is 0 Å². The van der Waals surface area contributed by atoms with Crippen molar-refractivity contribution in [2.45, 2.75) is 27.7 Å². The highest BCUT2D eigenvalue weighted by Gasteiger charge is 2.12. The van der Waals surface area contributed by atoms with Crippen LogP contribution in [0, 0.1) is 20.8 Å². The Hall–Kier alpha value is -1.18. The van der Waals surface area contributed by atoms with Crippen LogP contribution in [0.25, 0.3) is 0 Å². The van der Waals surface area contributed by atoms with Gasteiger partial charge in [0.2, 0.25) is 0 Å². The molecule has 0 heterocycles. The molecule has 0 aliphatic heterocycles. The number of nitrogens with zero attached hydrogens (tertiary/aromatic N) is 1. The number of hydrogen-bond acceptors (Lipinski definition) is 2. The number of hydrogen-bond donors (Lipinski definition) is 0. The Labute approximate surface area is 92.9 Å². The number of aryl methyl sites for hydroxylation is 1. The molecule has 0 unspecified atom stereocenters. The van der Waals surface area contributed by atoms with Crippen LogP contribution in [0.15, 0.2) is 6.07 Å². The van der Waals surface area contributed by atoms with E-state index in [2.05, 4.69) is 45.7 Å². The topological polar surface area (TPSA) is 12.5 Å². The van der Waals surface area contributed by atoms with Crippen LogP contribution in [0.3, 0.4) is 0 Å². The molecule has 0 amide bonds. The molecule has 0 saturated carbocycles. The zero-order valence-electron chi connectivity index (χ0n) is 10.6. The minimum atomic E-state index is 1.01. The van der Waals surface area contributed by atoms with Crippen molar-refractivity contribution in [3.63, 3.8) is 0 Å². The third-order valence-electron chi connectivity index (χ3n) is 3.09. The Kier molecular flexibility index (Phi) is 3.61. The van der Waals surface area contributed by atoms with Gasteiger partial charge in [-0.15, -0.1) is 0 Å². The molecule has 0 aromatic heterocycles. The second kappa shape index (κ2) is 4.56. The lowest BCUT2D eigenvalue weighted by Crippen LogP contribution is -2.17. The van der Waals surface area contributed by atoms with Crippen LogP contribution in [0.5, 0.6) is 5.75 Å². The number of methoxy groups -OCH3 is 1. The van der Waals surface area contributed by atoms with Crippen LogP contribution in [0.2, 0.25) is 0 Å². The van der Waals surface area contributed by atoms with Crippen molar-refractivity contribution in [1.82, 2.24) is 0 Å². The summed E-state index contributed by atoms with van der Waals surface area (Å²) in [6.07, 6.45) is 0. The first-order valence-corrected chi connectivity index (χ1v) is 5.38. The van der Waals surface area contributed by atoms with Gasteiger partial charge in [-0.2, -0.15) is 0 Å². The summed E-state index contributed by atoms with van der Waals surface area (Å²) in [6, 6.07) is 2.20. The van der Waals surface area contributed by atoms with Crippen LogP contribution in [-0.2, 0) is 0 Å². The lowest BCUT2D eigenvalue weighted by atomic mass is 10.0. The van der Waals surface area contributed by atoms with E-state index in [0.29, 0.717) is 0 Å². The molecule has 84 valence electrons. The molecule has 0 N–H and O–H groups in total. The smallest absolute Gasteiger partial charge is 0.125 e. The van der Waals surface area contributed by atoms with E-state index in [1.807, 2.05) is 0 Å². The fraction of sp³-hybridized carbons (Fsp3) is 0.538. The molecular formula is C13H21NO. The summed E-state index contributed by atoms with van der Waals surface area (Å²) in [7, 11) is 3.85. The van der Waals surface area contributed by atoms with Gasteiger partial charge < -0.3 is 9.64 Å². The first-order chi connectivity index (χ1) is 7.02. The first-order valence-electron chi connectivity index (χ1n) is 5.38. The summed E-state index contributed by atoms with van der Waals surface area (Å²) >= 11 is 0. The zero-order chi connectivity index (χ0) is 11.6. The Morgan fingerprint density at radius 3 is 2.27 bits per heavy atom. The van der Waals surface area contributed by atoms with Crippen molar-refractivity contribution < 1.29 is 4.74 Å². The molecule has 0 spiro atoms. The van der Waals surface area contributed by atoms with Gasteiger partial charge in [-0.3, -0.25) is 0 Å². The lowest BCUT2D eigenvalue weighted by molar-refractivity contribution is 0.408. The summed E-state index contributed by atoms with van der Waals surface area (Å²) in [5.74, 6) is 1.01. The van der Waals surface area contributed by atoms with Crippen molar-refractivity contribution in [2.75, 3.05) is 25.6 Å². The van der Waals surface area contributed by atoms with Gasteiger partial charge in [0.15, 0.2) is 0 Å². The predicted octanol–water partition coefficient (Wildman–Crippen LogP) is 3.08. The molecule has 0 aliphatic rings. The molecular weight excluding hydrogens is 186 g/mol. The Balaban J connectivity index is 3.33. The maximum Gasteiger partial charge on any atom is 0.125 e. The normalized spacial score (nSPS) is 10.3. The zero-order valence-corrected chi connectivity index (χ0v) is 10.6. The summed E-state index contributed by atoms with van der Waals surface area (Å²) < 4.78 is 5.41. The molecule has 1 rings (SSSR count). The minimum Gasteiger partial charge on any atom is -0.496 e. The van der Waals surface area contributed by atoms with E-state index in [1.54, 1.807) is 7.11 Å². The van der Waals surface area contributed by atoms with Crippen molar-refractivity contribution >= 4 is 5.69 Å². The molecule has 15 heavy (non-hydrogen) atoms. The average Bonchev–Trinajstić information content (AvgIpc) is 2.23. The highest BCUT2D eigenvalue weighted by Crippen LogP contribution is 2.32. The van der Waals surface area contributed by atoms with Gasteiger partial charge in [0, 0.05) is 19.3 Å². The third kappa shape index (κ3) is 2.09. The molecule has 0 fully saturated rings. The molecule has 0 radical (unpaired) electrons. The van der Waals surface area contributed by atoms with E-state index in [0.717, 1.165) is 12.3 Å². The molecule has 0 bridgehead atoms. The fourth-order valence-electron chi connectivity index (χ4n) is 1.92. The monoisotopic (exact) mass is 207 g/mol. The molecule has 2 heteroatoms. The standard InChI is InChI=1S/C13H21NO/c1-7-14(5)12-8-9(2)13(15-6)11(4)10(12)3/h8H,7H2,1-6H3. The maximum absolute atomic E-state index is 5.41. The molecule has 1 aromatic rings. The Bertz CT molecular complexity index is 358. The summed E-state index contributed by atoms with van der Waals surface area (Å²) in [6.45, 7) is 9.55. The Morgan fingerprint density at radius 2 is 1.80 bits per heavy atom. The summed E-state index contributed by atoms with van der Waals surface area (Å²) in [4.78, 5) is 2.26. The highest BCUT2D eigenvalue weighted by atomic mass is 16.5.